The Morgan fingerprint density at radius 3 is 2.56 bits per heavy atom. The van der Waals surface area contributed by atoms with Gasteiger partial charge in [0.2, 0.25) is 10.0 Å². The molecule has 7 nitrogen and oxygen atoms in total. The van der Waals surface area contributed by atoms with E-state index in [0.29, 0.717) is 18.8 Å². The summed E-state index contributed by atoms with van der Waals surface area (Å²) in [6, 6.07) is 9.36. The van der Waals surface area contributed by atoms with Crippen LogP contribution in [0.1, 0.15) is 37.2 Å². The third-order valence-corrected chi connectivity index (χ3v) is 8.94. The molecule has 1 atom stereocenters. The number of sulfonamides is 1. The van der Waals surface area contributed by atoms with Crippen LogP contribution < -0.4 is 4.90 Å². The smallest absolute Gasteiger partial charge is 0.275 e. The summed E-state index contributed by atoms with van der Waals surface area (Å²) in [7, 11) is -3.84. The van der Waals surface area contributed by atoms with Crippen LogP contribution in [0.3, 0.4) is 0 Å². The number of anilines is 1. The van der Waals surface area contributed by atoms with Gasteiger partial charge in [0, 0.05) is 49.9 Å². The second-order valence-corrected chi connectivity index (χ2v) is 11.1. The zero-order chi connectivity index (χ0) is 22.7. The first-order valence-electron chi connectivity index (χ1n) is 11.0. The maximum atomic E-state index is 14.0. The van der Waals surface area contributed by atoms with Gasteiger partial charge in [-0.3, -0.25) is 4.79 Å². The molecule has 1 spiro atoms. The number of benzene rings is 1. The number of nitrogens with zero attached hydrogens (tertiary/aromatic N) is 4. The van der Waals surface area contributed by atoms with E-state index < -0.39 is 15.8 Å². The van der Waals surface area contributed by atoms with Crippen LogP contribution in [0, 0.1) is 11.2 Å². The zero-order valence-electron chi connectivity index (χ0n) is 18.2. The number of aromatic nitrogens is 1. The molecule has 2 aromatic rings. The average molecular weight is 459 g/mol. The molecule has 3 heterocycles. The minimum absolute atomic E-state index is 0.0253. The second-order valence-electron chi connectivity index (χ2n) is 9.24. The highest BCUT2D eigenvalue weighted by Gasteiger charge is 2.58. The molecular weight excluding hydrogens is 431 g/mol. The normalized spacial score (nSPS) is 23.5. The number of hydrogen-bond acceptors (Lipinski definition) is 5. The maximum absolute atomic E-state index is 14.0. The van der Waals surface area contributed by atoms with Crippen LogP contribution in [0.4, 0.5) is 10.1 Å². The van der Waals surface area contributed by atoms with Crippen LogP contribution in [-0.2, 0) is 10.0 Å². The molecule has 1 saturated heterocycles. The van der Waals surface area contributed by atoms with Crippen molar-refractivity contribution >= 4 is 21.6 Å². The van der Waals surface area contributed by atoms with E-state index in [2.05, 4.69) is 23.7 Å². The van der Waals surface area contributed by atoms with Crippen LogP contribution >= 0.6 is 0 Å². The highest BCUT2D eigenvalue weighted by atomic mass is 32.2. The highest BCUT2D eigenvalue weighted by Crippen LogP contribution is 2.52. The predicted octanol–water partition coefficient (Wildman–Crippen LogP) is 2.74. The monoisotopic (exact) mass is 458 g/mol. The van der Waals surface area contributed by atoms with E-state index in [9.17, 15) is 17.6 Å². The van der Waals surface area contributed by atoms with Gasteiger partial charge in [-0.1, -0.05) is 12.1 Å². The molecule has 32 heavy (non-hydrogen) atoms. The third-order valence-electron chi connectivity index (χ3n) is 7.11. The van der Waals surface area contributed by atoms with E-state index in [1.54, 1.807) is 6.20 Å². The number of fused-ring (bicyclic) bond motifs is 1. The third kappa shape index (κ3) is 3.21. The lowest BCUT2D eigenvalue weighted by atomic mass is 9.61. The summed E-state index contributed by atoms with van der Waals surface area (Å²) in [5.74, 6) is -0.783. The quantitative estimate of drug-likeness (QED) is 0.705. The van der Waals surface area contributed by atoms with Crippen LogP contribution in [0.25, 0.3) is 0 Å². The largest absolute Gasteiger partial charge is 0.368 e. The topological polar surface area (TPSA) is 73.8 Å². The summed E-state index contributed by atoms with van der Waals surface area (Å²) in [6.07, 6.45) is 3.15. The molecule has 2 aliphatic heterocycles. The van der Waals surface area contributed by atoms with E-state index in [-0.39, 0.29) is 28.3 Å². The molecular formula is C23H27FN4O3S. The second kappa shape index (κ2) is 7.52. The Morgan fingerprint density at radius 2 is 1.88 bits per heavy atom. The molecule has 9 heteroatoms. The van der Waals surface area contributed by atoms with Crippen molar-refractivity contribution in [1.29, 1.82) is 0 Å². The Labute approximate surface area is 187 Å². The van der Waals surface area contributed by atoms with E-state index >= 15 is 0 Å². The van der Waals surface area contributed by atoms with Crippen molar-refractivity contribution in [3.8, 4) is 0 Å². The number of likely N-dealkylation sites (N-methyl/N-ethyl adjacent to an activating group) is 1. The first-order chi connectivity index (χ1) is 15.3. The fourth-order valence-electron chi connectivity index (χ4n) is 5.53. The molecule has 2 fully saturated rings. The van der Waals surface area contributed by atoms with Gasteiger partial charge in [-0.05, 0) is 51.0 Å². The first kappa shape index (κ1) is 21.3. The van der Waals surface area contributed by atoms with Crippen LogP contribution in [-0.4, -0.2) is 66.8 Å². The number of amides is 1. The fourth-order valence-corrected chi connectivity index (χ4v) is 7.26. The summed E-state index contributed by atoms with van der Waals surface area (Å²) in [6.45, 7) is 6.40. The zero-order valence-corrected chi connectivity index (χ0v) is 19.1. The molecule has 170 valence electrons. The van der Waals surface area contributed by atoms with Crippen molar-refractivity contribution < 1.29 is 17.6 Å². The van der Waals surface area contributed by atoms with Crippen molar-refractivity contribution in [2.75, 3.05) is 31.1 Å². The average Bonchev–Trinajstić information content (AvgIpc) is 2.81. The van der Waals surface area contributed by atoms with Crippen molar-refractivity contribution in [3.63, 3.8) is 0 Å². The van der Waals surface area contributed by atoms with E-state index in [0.717, 1.165) is 31.6 Å². The number of halogens is 1. The van der Waals surface area contributed by atoms with E-state index in [4.69, 9.17) is 0 Å². The molecule has 1 aromatic heterocycles. The molecule has 0 radical (unpaired) electrons. The minimum Gasteiger partial charge on any atom is -0.368 e. The lowest BCUT2D eigenvalue weighted by Gasteiger charge is -2.60. The molecule has 1 aromatic carbocycles. The van der Waals surface area contributed by atoms with Crippen LogP contribution in [0.5, 0.6) is 0 Å². The molecule has 0 bridgehead atoms. The van der Waals surface area contributed by atoms with Gasteiger partial charge in [0.15, 0.2) is 5.69 Å². The van der Waals surface area contributed by atoms with Gasteiger partial charge in [0.05, 0.1) is 5.69 Å². The molecule has 1 amide bonds. The molecule has 0 N–H and O–H groups in total. The SMILES string of the molecule is CCN1C[C@@H](C)N(C2CC3(C2)CN(S(=O)(=O)c2ccccc2F)C3)C(=O)c2ncccc21. The van der Waals surface area contributed by atoms with Crippen LogP contribution in [0.2, 0.25) is 0 Å². The van der Waals surface area contributed by atoms with E-state index in [1.165, 1.54) is 28.6 Å². The Bertz CT molecular complexity index is 1160. The van der Waals surface area contributed by atoms with Crippen LogP contribution in [0.15, 0.2) is 47.5 Å². The molecule has 3 aliphatic rings. The summed E-state index contributed by atoms with van der Waals surface area (Å²) in [5.41, 5.74) is 1.22. The van der Waals surface area contributed by atoms with Gasteiger partial charge in [0.1, 0.15) is 10.7 Å². The molecule has 0 unspecified atom stereocenters. The lowest BCUT2D eigenvalue weighted by Crippen LogP contribution is -2.68. The number of carbonyl (C=O) groups excluding carboxylic acids is 1. The lowest BCUT2D eigenvalue weighted by molar-refractivity contribution is -0.0730. The van der Waals surface area contributed by atoms with Crippen molar-refractivity contribution in [2.24, 2.45) is 5.41 Å². The van der Waals surface area contributed by atoms with Gasteiger partial charge in [0.25, 0.3) is 5.91 Å². The highest BCUT2D eigenvalue weighted by molar-refractivity contribution is 7.89. The van der Waals surface area contributed by atoms with Crippen molar-refractivity contribution in [1.82, 2.24) is 14.2 Å². The molecule has 1 saturated carbocycles. The van der Waals surface area contributed by atoms with Gasteiger partial charge in [-0.2, -0.15) is 4.31 Å². The van der Waals surface area contributed by atoms with E-state index in [1.807, 2.05) is 17.0 Å². The Morgan fingerprint density at radius 1 is 1.16 bits per heavy atom. The van der Waals surface area contributed by atoms with Gasteiger partial charge < -0.3 is 9.80 Å². The summed E-state index contributed by atoms with van der Waals surface area (Å²) >= 11 is 0. The number of pyridine rings is 1. The Kier molecular flexibility index (Phi) is 5.01. The Hall–Kier alpha value is -2.52. The number of hydrogen-bond donors (Lipinski definition) is 0. The minimum atomic E-state index is -3.84. The first-order valence-corrected chi connectivity index (χ1v) is 12.5. The standard InChI is InChI=1S/C23H27FN4O3S/c1-3-26-13-16(2)28(22(29)21-19(26)8-6-10-25-21)17-11-23(12-17)14-27(15-23)32(30,31)20-9-5-4-7-18(20)24/h4-10,16-17H,3,11-15H2,1-2H3/t16-/m1/s1. The molecule has 1 aliphatic carbocycles. The maximum Gasteiger partial charge on any atom is 0.275 e. The summed E-state index contributed by atoms with van der Waals surface area (Å²) in [5, 5.41) is 0. The van der Waals surface area contributed by atoms with Gasteiger partial charge in [-0.15, -0.1) is 0 Å². The predicted molar refractivity (Wildman–Crippen MR) is 118 cm³/mol. The summed E-state index contributed by atoms with van der Waals surface area (Å²) in [4.78, 5) is 21.6. The van der Waals surface area contributed by atoms with Gasteiger partial charge in [-0.25, -0.2) is 17.8 Å². The fraction of sp³-hybridized carbons (Fsp3) is 0.478. The number of rotatable bonds is 4. The van der Waals surface area contributed by atoms with Gasteiger partial charge >= 0.3 is 0 Å². The van der Waals surface area contributed by atoms with Crippen molar-refractivity contribution in [2.45, 2.75) is 43.7 Å². The van der Waals surface area contributed by atoms with Crippen molar-refractivity contribution in [3.05, 3.63) is 54.1 Å². The molecule has 5 rings (SSSR count). The Balaban J connectivity index is 1.30. The summed E-state index contributed by atoms with van der Waals surface area (Å²) < 4.78 is 41.0. The number of carbonyl (C=O) groups is 1.